The first-order valence-electron chi connectivity index (χ1n) is 1.76. The molecule has 0 aromatic heterocycles. The molecule has 0 saturated carbocycles. The van der Waals surface area contributed by atoms with Gasteiger partial charge in [-0.25, -0.2) is 0 Å². The van der Waals surface area contributed by atoms with Gasteiger partial charge in [-0.05, 0) is 6.08 Å². The maximum atomic E-state index is 4.91. The minimum atomic E-state index is 0.352. The van der Waals surface area contributed by atoms with Gasteiger partial charge < -0.3 is 11.5 Å². The SMILES string of the molecule is C=CC(N)=S.NC=S. The molecule has 0 radical (unpaired) electrons. The van der Waals surface area contributed by atoms with E-state index < -0.39 is 0 Å². The van der Waals surface area contributed by atoms with Crippen LogP contribution in [0, 0.1) is 0 Å². The highest BCUT2D eigenvalue weighted by molar-refractivity contribution is 7.80. The molecule has 0 atom stereocenters. The molecule has 0 aliphatic rings. The van der Waals surface area contributed by atoms with Crippen LogP contribution < -0.4 is 11.5 Å². The molecule has 0 aromatic rings. The average molecular weight is 148 g/mol. The van der Waals surface area contributed by atoms with Crippen LogP contribution in [0.2, 0.25) is 0 Å². The Bertz CT molecular complexity index is 90.0. The van der Waals surface area contributed by atoms with Gasteiger partial charge in [0.15, 0.2) is 0 Å². The summed E-state index contributed by atoms with van der Waals surface area (Å²) in [6.45, 7) is 3.29. The fourth-order valence-electron chi connectivity index (χ4n) is 0. The van der Waals surface area contributed by atoms with E-state index in [4.69, 9.17) is 5.73 Å². The van der Waals surface area contributed by atoms with Crippen molar-refractivity contribution in [3.05, 3.63) is 12.7 Å². The van der Waals surface area contributed by atoms with Gasteiger partial charge in [0.25, 0.3) is 0 Å². The molecule has 0 aliphatic carbocycles. The van der Waals surface area contributed by atoms with Crippen LogP contribution in [-0.2, 0) is 0 Å². The zero-order valence-electron chi connectivity index (χ0n) is 4.33. The lowest BCUT2D eigenvalue weighted by Gasteiger charge is -1.70. The van der Waals surface area contributed by atoms with E-state index in [1.165, 1.54) is 6.08 Å². The topological polar surface area (TPSA) is 52.0 Å². The summed E-state index contributed by atoms with van der Waals surface area (Å²) in [6, 6.07) is 0. The van der Waals surface area contributed by atoms with E-state index in [2.05, 4.69) is 36.7 Å². The molecule has 0 heterocycles. The average Bonchev–Trinajstić information content (AvgIpc) is 1.69. The van der Waals surface area contributed by atoms with E-state index in [9.17, 15) is 0 Å². The lowest BCUT2D eigenvalue weighted by Crippen LogP contribution is -2.00. The second kappa shape index (κ2) is 9.72. The van der Waals surface area contributed by atoms with Crippen molar-refractivity contribution in [1.82, 2.24) is 0 Å². The van der Waals surface area contributed by atoms with E-state index in [1.807, 2.05) is 0 Å². The van der Waals surface area contributed by atoms with Crippen molar-refractivity contribution in [3.63, 3.8) is 0 Å². The summed E-state index contributed by atoms with van der Waals surface area (Å²) in [5.74, 6) is 0. The summed E-state index contributed by atoms with van der Waals surface area (Å²) in [6.07, 6.45) is 1.43. The second-order valence-corrected chi connectivity index (χ2v) is 1.49. The molecule has 0 amide bonds. The Hall–Kier alpha value is -0.480. The van der Waals surface area contributed by atoms with Crippen LogP contribution in [0.5, 0.6) is 0 Å². The lowest BCUT2D eigenvalue weighted by atomic mass is 10.7. The summed E-state index contributed by atoms with van der Waals surface area (Å²) >= 11 is 8.40. The Morgan fingerprint density at radius 3 is 1.75 bits per heavy atom. The van der Waals surface area contributed by atoms with Crippen molar-refractivity contribution < 1.29 is 0 Å². The molecule has 4 heteroatoms. The van der Waals surface area contributed by atoms with Crippen LogP contribution in [0.1, 0.15) is 0 Å². The molecule has 0 fully saturated rings. The molecule has 0 rings (SSSR count). The summed E-state index contributed by atoms with van der Waals surface area (Å²) in [4.78, 5) is 0.352. The highest BCUT2D eigenvalue weighted by Crippen LogP contribution is 1.58. The lowest BCUT2D eigenvalue weighted by molar-refractivity contribution is 1.84. The number of rotatable bonds is 1. The highest BCUT2D eigenvalue weighted by Gasteiger charge is 1.62. The van der Waals surface area contributed by atoms with Crippen molar-refractivity contribution in [3.8, 4) is 0 Å². The van der Waals surface area contributed by atoms with Gasteiger partial charge in [0.1, 0.15) is 0 Å². The monoisotopic (exact) mass is 148 g/mol. The Labute approximate surface area is 59.5 Å². The van der Waals surface area contributed by atoms with Gasteiger partial charge in [-0.3, -0.25) is 0 Å². The van der Waals surface area contributed by atoms with Crippen molar-refractivity contribution in [2.75, 3.05) is 0 Å². The maximum absolute atomic E-state index is 4.91. The van der Waals surface area contributed by atoms with E-state index in [1.54, 1.807) is 0 Å². The Kier molecular flexibility index (Phi) is 12.8. The largest absolute Gasteiger partial charge is 0.396 e. The third-order valence-electron chi connectivity index (χ3n) is 0.201. The quantitative estimate of drug-likeness (QED) is 0.416. The summed E-state index contributed by atoms with van der Waals surface area (Å²) in [7, 11) is 0. The number of nitrogens with two attached hydrogens (primary N) is 2. The van der Waals surface area contributed by atoms with Gasteiger partial charge in [-0.15, -0.1) is 0 Å². The molecule has 0 saturated heterocycles. The molecule has 0 spiro atoms. The van der Waals surface area contributed by atoms with Crippen LogP contribution in [0.15, 0.2) is 12.7 Å². The van der Waals surface area contributed by atoms with Crippen LogP contribution in [0.4, 0.5) is 0 Å². The first-order chi connectivity index (χ1) is 3.68. The molecular formula is C4H8N2S2. The molecule has 0 aromatic carbocycles. The minimum absolute atomic E-state index is 0.352. The Balaban J connectivity index is 0. The number of thiocarbonyl (C=S) groups is 2. The molecule has 0 aliphatic heterocycles. The fraction of sp³-hybridized carbons (Fsp3) is 0. The van der Waals surface area contributed by atoms with E-state index in [0.717, 1.165) is 5.49 Å². The van der Waals surface area contributed by atoms with Gasteiger partial charge in [0.05, 0.1) is 10.5 Å². The summed E-state index contributed by atoms with van der Waals surface area (Å²) in [5, 5.41) is 0. The van der Waals surface area contributed by atoms with E-state index >= 15 is 0 Å². The summed E-state index contributed by atoms with van der Waals surface area (Å²) < 4.78 is 0. The normalized spacial score (nSPS) is 5.50. The molecule has 0 unspecified atom stereocenters. The maximum Gasteiger partial charge on any atom is 0.0955 e. The zero-order chi connectivity index (χ0) is 6.99. The molecule has 46 valence electrons. The highest BCUT2D eigenvalue weighted by atomic mass is 32.1. The van der Waals surface area contributed by atoms with E-state index in [-0.39, 0.29) is 0 Å². The van der Waals surface area contributed by atoms with Crippen molar-refractivity contribution >= 4 is 34.9 Å². The van der Waals surface area contributed by atoms with Crippen LogP contribution in [0.25, 0.3) is 0 Å². The molecule has 2 nitrogen and oxygen atoms in total. The van der Waals surface area contributed by atoms with Crippen LogP contribution in [0.3, 0.4) is 0 Å². The Morgan fingerprint density at radius 2 is 1.75 bits per heavy atom. The first-order valence-corrected chi connectivity index (χ1v) is 2.64. The molecular weight excluding hydrogens is 140 g/mol. The van der Waals surface area contributed by atoms with Gasteiger partial charge in [0, 0.05) is 0 Å². The standard InChI is InChI=1S/C3H5NS.CH3NS/c1-2-3(4)5;2-1-3/h2H,1H2,(H2,4,5);1H,(H2,2,3). The third kappa shape index (κ3) is 48.8. The van der Waals surface area contributed by atoms with Crippen molar-refractivity contribution in [2.45, 2.75) is 0 Å². The predicted molar refractivity (Wildman–Crippen MR) is 44.8 cm³/mol. The predicted octanol–water partition coefficient (Wildman–Crippen LogP) is 0.361. The third-order valence-corrected chi connectivity index (χ3v) is 0.368. The molecule has 8 heavy (non-hydrogen) atoms. The van der Waals surface area contributed by atoms with Crippen LogP contribution >= 0.6 is 24.4 Å². The zero-order valence-corrected chi connectivity index (χ0v) is 5.97. The number of hydrogen-bond acceptors (Lipinski definition) is 2. The van der Waals surface area contributed by atoms with Gasteiger partial charge >= 0.3 is 0 Å². The van der Waals surface area contributed by atoms with Crippen molar-refractivity contribution in [1.29, 1.82) is 0 Å². The van der Waals surface area contributed by atoms with Crippen molar-refractivity contribution in [2.24, 2.45) is 11.5 Å². The second-order valence-electron chi connectivity index (χ2n) is 0.743. The number of hydrogen-bond donors (Lipinski definition) is 2. The van der Waals surface area contributed by atoms with Gasteiger partial charge in [-0.1, -0.05) is 31.0 Å². The summed E-state index contributed by atoms with van der Waals surface area (Å²) in [5.41, 5.74) is 10.5. The molecule has 4 N–H and O–H groups in total. The fourth-order valence-corrected chi connectivity index (χ4v) is 0. The van der Waals surface area contributed by atoms with Gasteiger partial charge in [-0.2, -0.15) is 0 Å². The first kappa shape index (κ1) is 10.5. The van der Waals surface area contributed by atoms with Gasteiger partial charge in [0.2, 0.25) is 0 Å². The molecule has 0 bridgehead atoms. The van der Waals surface area contributed by atoms with E-state index in [0.29, 0.717) is 4.99 Å². The minimum Gasteiger partial charge on any atom is -0.396 e. The van der Waals surface area contributed by atoms with Crippen LogP contribution in [-0.4, -0.2) is 10.5 Å². The smallest absolute Gasteiger partial charge is 0.0955 e. The Morgan fingerprint density at radius 1 is 1.62 bits per heavy atom.